The second-order valence-electron chi connectivity index (χ2n) is 3.93. The van der Waals surface area contributed by atoms with Crippen molar-refractivity contribution in [2.75, 3.05) is 0 Å². The van der Waals surface area contributed by atoms with E-state index in [0.717, 1.165) is 0 Å². The van der Waals surface area contributed by atoms with Crippen LogP contribution >= 0.6 is 0 Å². The van der Waals surface area contributed by atoms with Crippen LogP contribution in [0.4, 0.5) is 0 Å². The van der Waals surface area contributed by atoms with Crippen molar-refractivity contribution in [2.45, 2.75) is 46.3 Å². The SMILES string of the molecule is CCC/C=C(\C)[Si](C)(C)C. The summed E-state index contributed by atoms with van der Waals surface area (Å²) in [4.78, 5) is 0. The van der Waals surface area contributed by atoms with Crippen LogP contribution in [0.1, 0.15) is 26.7 Å². The Morgan fingerprint density at radius 1 is 1.30 bits per heavy atom. The van der Waals surface area contributed by atoms with Crippen LogP contribution in [0.5, 0.6) is 0 Å². The van der Waals surface area contributed by atoms with Crippen molar-refractivity contribution in [1.29, 1.82) is 0 Å². The average molecular weight is 156 g/mol. The highest BCUT2D eigenvalue weighted by Crippen LogP contribution is 2.14. The first-order chi connectivity index (χ1) is 4.48. The van der Waals surface area contributed by atoms with E-state index in [0.29, 0.717) is 0 Å². The normalized spacial score (nSPS) is 13.9. The lowest BCUT2D eigenvalue weighted by atomic mass is 10.3. The first-order valence-electron chi connectivity index (χ1n) is 4.15. The van der Waals surface area contributed by atoms with E-state index in [2.05, 4.69) is 39.6 Å². The summed E-state index contributed by atoms with van der Waals surface area (Å²) in [5.41, 5.74) is 0. The van der Waals surface area contributed by atoms with Crippen molar-refractivity contribution in [1.82, 2.24) is 0 Å². The monoisotopic (exact) mass is 156 g/mol. The predicted octanol–water partition coefficient (Wildman–Crippen LogP) is 3.61. The fraction of sp³-hybridized carbons (Fsp3) is 0.778. The molecule has 0 aliphatic rings. The van der Waals surface area contributed by atoms with E-state index in [1.807, 2.05) is 0 Å². The summed E-state index contributed by atoms with van der Waals surface area (Å²) in [6, 6.07) is 0. The molecule has 0 N–H and O–H groups in total. The Labute approximate surface area is 66.4 Å². The molecule has 0 amide bonds. The summed E-state index contributed by atoms with van der Waals surface area (Å²) in [5, 5.41) is 1.65. The van der Waals surface area contributed by atoms with Gasteiger partial charge in [0.25, 0.3) is 0 Å². The van der Waals surface area contributed by atoms with Gasteiger partial charge in [-0.2, -0.15) is 0 Å². The highest BCUT2D eigenvalue weighted by atomic mass is 28.3. The van der Waals surface area contributed by atoms with E-state index in [-0.39, 0.29) is 0 Å². The van der Waals surface area contributed by atoms with E-state index in [1.165, 1.54) is 12.8 Å². The molecular formula is C9H20Si. The largest absolute Gasteiger partial charge is 0.0895 e. The number of hydrogen-bond donors (Lipinski definition) is 0. The van der Waals surface area contributed by atoms with Gasteiger partial charge < -0.3 is 0 Å². The molecule has 0 nitrogen and oxygen atoms in total. The maximum absolute atomic E-state index is 2.41. The van der Waals surface area contributed by atoms with E-state index in [4.69, 9.17) is 0 Å². The molecule has 0 unspecified atom stereocenters. The van der Waals surface area contributed by atoms with Gasteiger partial charge in [0.1, 0.15) is 0 Å². The summed E-state index contributed by atoms with van der Waals surface area (Å²) in [7, 11) is -0.937. The van der Waals surface area contributed by atoms with Gasteiger partial charge in [0.2, 0.25) is 0 Å². The number of hydrogen-bond acceptors (Lipinski definition) is 0. The Kier molecular flexibility index (Phi) is 3.95. The minimum absolute atomic E-state index is 0.937. The van der Waals surface area contributed by atoms with E-state index in [1.54, 1.807) is 5.20 Å². The molecule has 60 valence electrons. The highest BCUT2D eigenvalue weighted by Gasteiger charge is 2.13. The summed E-state index contributed by atoms with van der Waals surface area (Å²) < 4.78 is 0. The van der Waals surface area contributed by atoms with Crippen LogP contribution in [0, 0.1) is 0 Å². The number of unbranched alkanes of at least 4 members (excludes halogenated alkanes) is 1. The van der Waals surface area contributed by atoms with Gasteiger partial charge in [-0.3, -0.25) is 0 Å². The van der Waals surface area contributed by atoms with Gasteiger partial charge in [0.05, 0.1) is 8.07 Å². The van der Waals surface area contributed by atoms with Crippen molar-refractivity contribution in [3.05, 3.63) is 11.3 Å². The van der Waals surface area contributed by atoms with Crippen molar-refractivity contribution < 1.29 is 0 Å². The van der Waals surface area contributed by atoms with Gasteiger partial charge in [0, 0.05) is 0 Å². The Bertz CT molecular complexity index is 117. The lowest BCUT2D eigenvalue weighted by Crippen LogP contribution is -2.21. The van der Waals surface area contributed by atoms with Gasteiger partial charge >= 0.3 is 0 Å². The van der Waals surface area contributed by atoms with Gasteiger partial charge in [-0.05, 0) is 13.3 Å². The minimum atomic E-state index is -0.937. The third-order valence-electron chi connectivity index (χ3n) is 1.92. The minimum Gasteiger partial charge on any atom is -0.0895 e. The molecule has 0 saturated carbocycles. The van der Waals surface area contributed by atoms with Crippen LogP contribution in [-0.2, 0) is 0 Å². The van der Waals surface area contributed by atoms with Crippen molar-refractivity contribution in [2.24, 2.45) is 0 Å². The summed E-state index contributed by atoms with van der Waals surface area (Å²) in [5.74, 6) is 0. The van der Waals surface area contributed by atoms with Crippen LogP contribution in [0.2, 0.25) is 19.6 Å². The first kappa shape index (κ1) is 9.96. The fourth-order valence-corrected chi connectivity index (χ4v) is 1.42. The van der Waals surface area contributed by atoms with Crippen molar-refractivity contribution in [3.8, 4) is 0 Å². The molecule has 0 spiro atoms. The fourth-order valence-electron chi connectivity index (χ4n) is 0.667. The molecule has 0 aliphatic carbocycles. The second kappa shape index (κ2) is 3.97. The molecular weight excluding hydrogens is 136 g/mol. The lowest BCUT2D eigenvalue weighted by Gasteiger charge is -2.16. The van der Waals surface area contributed by atoms with Crippen LogP contribution in [0.15, 0.2) is 11.3 Å². The standard InChI is InChI=1S/C9H20Si/c1-6-7-8-9(2)10(3,4)5/h8H,6-7H2,1-5H3/b9-8+. The number of allylic oxidation sites excluding steroid dienone is 2. The van der Waals surface area contributed by atoms with E-state index in [9.17, 15) is 0 Å². The molecule has 0 aromatic carbocycles. The Hall–Kier alpha value is -0.0431. The third-order valence-corrected chi connectivity index (χ3v) is 4.49. The molecule has 0 heterocycles. The first-order valence-corrected chi connectivity index (χ1v) is 7.65. The molecule has 0 saturated heterocycles. The Morgan fingerprint density at radius 3 is 2.10 bits per heavy atom. The van der Waals surface area contributed by atoms with Crippen LogP contribution in [-0.4, -0.2) is 8.07 Å². The topological polar surface area (TPSA) is 0 Å². The second-order valence-corrected chi connectivity index (χ2v) is 9.21. The summed E-state index contributed by atoms with van der Waals surface area (Å²) in [6.07, 6.45) is 4.95. The molecule has 1 heteroatoms. The van der Waals surface area contributed by atoms with Gasteiger partial charge in [0.15, 0.2) is 0 Å². The molecule has 0 bridgehead atoms. The predicted molar refractivity (Wildman–Crippen MR) is 52.0 cm³/mol. The number of rotatable bonds is 3. The zero-order valence-electron chi connectivity index (χ0n) is 7.99. The summed E-state index contributed by atoms with van der Waals surface area (Å²) >= 11 is 0. The van der Waals surface area contributed by atoms with Crippen LogP contribution < -0.4 is 0 Å². The highest BCUT2D eigenvalue weighted by molar-refractivity contribution is 6.82. The molecule has 0 fully saturated rings. The molecule has 0 radical (unpaired) electrons. The van der Waals surface area contributed by atoms with E-state index >= 15 is 0 Å². The van der Waals surface area contributed by atoms with Gasteiger partial charge in [-0.15, -0.1) is 0 Å². The maximum atomic E-state index is 2.41. The molecule has 10 heavy (non-hydrogen) atoms. The molecule has 0 aliphatic heterocycles. The Morgan fingerprint density at radius 2 is 1.80 bits per heavy atom. The average Bonchev–Trinajstić information content (AvgIpc) is 1.80. The molecule has 0 atom stereocenters. The van der Waals surface area contributed by atoms with E-state index < -0.39 is 8.07 Å². The Balaban J connectivity index is 3.93. The quantitative estimate of drug-likeness (QED) is 0.548. The zero-order chi connectivity index (χ0) is 8.20. The maximum Gasteiger partial charge on any atom is 0.0716 e. The van der Waals surface area contributed by atoms with Crippen LogP contribution in [0.3, 0.4) is 0 Å². The molecule has 0 aromatic heterocycles. The van der Waals surface area contributed by atoms with Crippen molar-refractivity contribution >= 4 is 8.07 Å². The third kappa shape index (κ3) is 3.88. The summed E-state index contributed by atoms with van der Waals surface area (Å²) in [6.45, 7) is 11.7. The smallest absolute Gasteiger partial charge is 0.0716 e. The molecule has 0 aromatic rings. The lowest BCUT2D eigenvalue weighted by molar-refractivity contribution is 0.954. The van der Waals surface area contributed by atoms with Gasteiger partial charge in [-0.1, -0.05) is 44.3 Å². The zero-order valence-corrected chi connectivity index (χ0v) is 8.99. The van der Waals surface area contributed by atoms with Crippen LogP contribution in [0.25, 0.3) is 0 Å². The molecule has 0 rings (SSSR count). The van der Waals surface area contributed by atoms with Crippen molar-refractivity contribution in [3.63, 3.8) is 0 Å². The van der Waals surface area contributed by atoms with Gasteiger partial charge in [-0.25, -0.2) is 0 Å².